The van der Waals surface area contributed by atoms with Crippen LogP contribution in [0.5, 0.6) is 5.75 Å². The smallest absolute Gasteiger partial charge is 0.311 e. The summed E-state index contributed by atoms with van der Waals surface area (Å²) < 4.78 is 10.9. The van der Waals surface area contributed by atoms with Crippen molar-refractivity contribution in [3.8, 4) is 5.75 Å². The van der Waals surface area contributed by atoms with E-state index in [1.807, 2.05) is 29.6 Å². The Morgan fingerprint density at radius 3 is 3.19 bits per heavy atom. The van der Waals surface area contributed by atoms with Crippen LogP contribution in [0, 0.1) is 5.92 Å². The van der Waals surface area contributed by atoms with Gasteiger partial charge in [0.05, 0.1) is 31.5 Å². The number of anilines is 1. The Hall–Kier alpha value is -2.45. The lowest BCUT2D eigenvalue weighted by atomic mass is 10.0. The van der Waals surface area contributed by atoms with Gasteiger partial charge in [0.1, 0.15) is 5.75 Å². The number of aromatic nitrogens is 1. The zero-order chi connectivity index (χ0) is 21.9. The largest absolute Gasteiger partial charge is 0.494 e. The summed E-state index contributed by atoms with van der Waals surface area (Å²) in [5.74, 6) is 1.39. The second-order valence-electron chi connectivity index (χ2n) is 7.82. The molecule has 1 N–H and O–H groups in total. The Morgan fingerprint density at radius 2 is 2.35 bits per heavy atom. The molecule has 0 saturated carbocycles. The summed E-state index contributed by atoms with van der Waals surface area (Å²) >= 11 is 1.40. The van der Waals surface area contributed by atoms with E-state index in [0.717, 1.165) is 30.2 Å². The summed E-state index contributed by atoms with van der Waals surface area (Å²) in [5, 5.41) is 6.70. The van der Waals surface area contributed by atoms with E-state index in [2.05, 4.69) is 27.3 Å². The molecule has 0 spiro atoms. The van der Waals surface area contributed by atoms with Crippen molar-refractivity contribution >= 4 is 28.7 Å². The van der Waals surface area contributed by atoms with Gasteiger partial charge in [0.25, 0.3) is 0 Å². The molecule has 1 fully saturated rings. The number of hydrogen-bond donors (Lipinski definition) is 1. The number of carbonyl (C=O) groups is 1. The lowest BCUT2D eigenvalue weighted by Crippen LogP contribution is -2.35. The second-order valence-corrected chi connectivity index (χ2v) is 8.68. The molecule has 0 amide bonds. The summed E-state index contributed by atoms with van der Waals surface area (Å²) in [4.78, 5) is 18.4. The van der Waals surface area contributed by atoms with Gasteiger partial charge in [0, 0.05) is 18.5 Å². The molecule has 168 valence electrons. The highest BCUT2D eigenvalue weighted by Gasteiger charge is 2.15. The number of ether oxygens (including phenoxy) is 2. The van der Waals surface area contributed by atoms with Gasteiger partial charge in [0.15, 0.2) is 0 Å². The van der Waals surface area contributed by atoms with Crippen molar-refractivity contribution in [2.45, 2.75) is 39.5 Å². The van der Waals surface area contributed by atoms with E-state index in [1.165, 1.54) is 37.3 Å². The molecular formula is C23H32N4O3S. The Morgan fingerprint density at radius 1 is 1.45 bits per heavy atom. The molecule has 3 rings (SSSR count). The van der Waals surface area contributed by atoms with Crippen molar-refractivity contribution < 1.29 is 14.3 Å². The highest BCUT2D eigenvalue weighted by molar-refractivity contribution is 7.13. The average Bonchev–Trinajstić information content (AvgIpc) is 3.19. The van der Waals surface area contributed by atoms with Gasteiger partial charge in [-0.15, -0.1) is 11.3 Å². The Labute approximate surface area is 188 Å². The number of thiazole rings is 1. The fraction of sp³-hybridized carbons (Fsp3) is 0.522. The van der Waals surface area contributed by atoms with E-state index in [4.69, 9.17) is 9.47 Å². The van der Waals surface area contributed by atoms with Gasteiger partial charge < -0.3 is 14.4 Å². The molecule has 8 heteroatoms. The second kappa shape index (κ2) is 12.4. The fourth-order valence-corrected chi connectivity index (χ4v) is 4.27. The summed E-state index contributed by atoms with van der Waals surface area (Å²) in [6.07, 6.45) is 5.60. The molecular weight excluding hydrogens is 412 g/mol. The minimum atomic E-state index is -0.273. The van der Waals surface area contributed by atoms with Crippen LogP contribution in [-0.4, -0.2) is 54.9 Å². The van der Waals surface area contributed by atoms with Crippen LogP contribution in [0.4, 0.5) is 5.13 Å². The number of esters is 1. The first-order valence-corrected chi connectivity index (χ1v) is 11.8. The van der Waals surface area contributed by atoms with Gasteiger partial charge in [-0.2, -0.15) is 5.10 Å². The van der Waals surface area contributed by atoms with E-state index < -0.39 is 0 Å². The molecule has 1 aliphatic rings. The Kier molecular flexibility index (Phi) is 9.30. The maximum atomic E-state index is 11.5. The topological polar surface area (TPSA) is 76.1 Å². The number of hydrazone groups is 1. The average molecular weight is 445 g/mol. The lowest BCUT2D eigenvalue weighted by Gasteiger charge is -2.30. The summed E-state index contributed by atoms with van der Waals surface area (Å²) in [5.41, 5.74) is 4.53. The molecule has 0 aliphatic carbocycles. The van der Waals surface area contributed by atoms with Crippen LogP contribution < -0.4 is 10.2 Å². The van der Waals surface area contributed by atoms with E-state index in [0.29, 0.717) is 24.0 Å². The first kappa shape index (κ1) is 23.2. The highest BCUT2D eigenvalue weighted by atomic mass is 32.1. The molecule has 2 heterocycles. The number of piperidine rings is 1. The fourth-order valence-electron chi connectivity index (χ4n) is 3.61. The normalized spacial score (nSPS) is 17.0. The Balaban J connectivity index is 1.40. The van der Waals surface area contributed by atoms with Gasteiger partial charge in [-0.25, -0.2) is 4.98 Å². The minimum Gasteiger partial charge on any atom is -0.494 e. The summed E-state index contributed by atoms with van der Waals surface area (Å²) in [7, 11) is 0. The highest BCUT2D eigenvalue weighted by Crippen LogP contribution is 2.17. The molecule has 0 bridgehead atoms. The molecule has 1 atom stereocenters. The van der Waals surface area contributed by atoms with Crippen LogP contribution in [0.1, 0.15) is 44.4 Å². The van der Waals surface area contributed by atoms with E-state index in [-0.39, 0.29) is 12.4 Å². The number of nitrogens with zero attached hydrogens (tertiary/aromatic N) is 3. The van der Waals surface area contributed by atoms with E-state index in [9.17, 15) is 4.79 Å². The van der Waals surface area contributed by atoms with Crippen LogP contribution in [0.3, 0.4) is 0 Å². The Bertz CT molecular complexity index is 855. The number of hydrogen-bond acceptors (Lipinski definition) is 8. The van der Waals surface area contributed by atoms with Crippen LogP contribution in [-0.2, 0) is 16.0 Å². The predicted molar refractivity (Wildman–Crippen MR) is 125 cm³/mol. The van der Waals surface area contributed by atoms with Crippen LogP contribution >= 0.6 is 11.3 Å². The molecule has 31 heavy (non-hydrogen) atoms. The first-order chi connectivity index (χ1) is 15.1. The molecule has 1 aromatic heterocycles. The third kappa shape index (κ3) is 8.30. The molecule has 1 unspecified atom stereocenters. The number of nitrogens with one attached hydrogen (secondary N) is 1. The quantitative estimate of drug-likeness (QED) is 0.242. The summed E-state index contributed by atoms with van der Waals surface area (Å²) in [6.45, 7) is 8.74. The lowest BCUT2D eigenvalue weighted by molar-refractivity contribution is -0.142. The maximum absolute atomic E-state index is 11.5. The standard InChI is InChI=1S/C23H32N4O3S/c1-3-29-22(28)14-20-17-31-23(25-20)26-24-15-19-8-4-9-21(13-19)30-12-6-11-27-10-5-7-18(2)16-27/h4,8-9,13,15,17-18H,3,5-7,10-12,14,16H2,1-2H3,(H,25,26). The third-order valence-electron chi connectivity index (χ3n) is 5.04. The van der Waals surface area contributed by atoms with Crippen LogP contribution in [0.25, 0.3) is 0 Å². The van der Waals surface area contributed by atoms with Gasteiger partial charge in [-0.05, 0) is 56.3 Å². The predicted octanol–water partition coefficient (Wildman–Crippen LogP) is 4.20. The number of benzene rings is 1. The molecule has 0 radical (unpaired) electrons. The monoisotopic (exact) mass is 444 g/mol. The van der Waals surface area contributed by atoms with Crippen molar-refractivity contribution in [3.63, 3.8) is 0 Å². The third-order valence-corrected chi connectivity index (χ3v) is 5.84. The van der Waals surface area contributed by atoms with E-state index in [1.54, 1.807) is 13.1 Å². The molecule has 1 aliphatic heterocycles. The summed E-state index contributed by atoms with van der Waals surface area (Å²) in [6, 6.07) is 7.88. The molecule has 1 saturated heterocycles. The van der Waals surface area contributed by atoms with Crippen molar-refractivity contribution in [2.75, 3.05) is 38.3 Å². The van der Waals surface area contributed by atoms with Crippen molar-refractivity contribution in [1.29, 1.82) is 0 Å². The molecule has 1 aromatic carbocycles. The number of likely N-dealkylation sites (tertiary alicyclic amines) is 1. The van der Waals surface area contributed by atoms with Gasteiger partial charge in [-0.3, -0.25) is 10.2 Å². The van der Waals surface area contributed by atoms with Crippen molar-refractivity contribution in [3.05, 3.63) is 40.9 Å². The van der Waals surface area contributed by atoms with E-state index >= 15 is 0 Å². The van der Waals surface area contributed by atoms with Gasteiger partial charge in [-0.1, -0.05) is 19.1 Å². The van der Waals surface area contributed by atoms with Crippen molar-refractivity contribution in [1.82, 2.24) is 9.88 Å². The zero-order valence-corrected chi connectivity index (χ0v) is 19.2. The number of rotatable bonds is 11. The SMILES string of the molecule is CCOC(=O)Cc1csc(NN=Cc2cccc(OCCCN3CCCC(C)C3)c2)n1. The van der Waals surface area contributed by atoms with Crippen molar-refractivity contribution in [2.24, 2.45) is 11.0 Å². The van der Waals surface area contributed by atoms with Crippen LogP contribution in [0.15, 0.2) is 34.7 Å². The molecule has 7 nitrogen and oxygen atoms in total. The molecule has 2 aromatic rings. The van der Waals surface area contributed by atoms with Gasteiger partial charge >= 0.3 is 5.97 Å². The zero-order valence-electron chi connectivity index (χ0n) is 18.4. The first-order valence-electron chi connectivity index (χ1n) is 11.0. The van der Waals surface area contributed by atoms with Crippen LogP contribution in [0.2, 0.25) is 0 Å². The van der Waals surface area contributed by atoms with Gasteiger partial charge in [0.2, 0.25) is 5.13 Å². The number of carbonyl (C=O) groups excluding carboxylic acids is 1. The maximum Gasteiger partial charge on any atom is 0.311 e. The minimum absolute atomic E-state index is 0.173.